The highest BCUT2D eigenvalue weighted by molar-refractivity contribution is 7.19. The van der Waals surface area contributed by atoms with Crippen molar-refractivity contribution in [2.75, 3.05) is 5.32 Å². The molecule has 0 radical (unpaired) electrons. The second-order valence-electron chi connectivity index (χ2n) is 5.92. The maximum Gasteiger partial charge on any atom is 0.138 e. The van der Waals surface area contributed by atoms with Gasteiger partial charge in [0.25, 0.3) is 0 Å². The topological polar surface area (TPSA) is 58.0 Å². The van der Waals surface area contributed by atoms with Gasteiger partial charge >= 0.3 is 0 Å². The van der Waals surface area contributed by atoms with Crippen molar-refractivity contribution in [1.82, 2.24) is 9.97 Å². The normalized spacial score (nSPS) is 25.9. The van der Waals surface area contributed by atoms with Crippen molar-refractivity contribution in [2.45, 2.75) is 57.1 Å². The number of thiophene rings is 1. The van der Waals surface area contributed by atoms with E-state index in [1.54, 1.807) is 6.33 Å². The van der Waals surface area contributed by atoms with Crippen LogP contribution in [0, 0.1) is 0 Å². The van der Waals surface area contributed by atoms with Gasteiger partial charge in [0.1, 0.15) is 17.0 Å². The van der Waals surface area contributed by atoms with Crippen molar-refractivity contribution < 1.29 is 5.11 Å². The number of aliphatic hydroxyl groups excluding tert-OH is 1. The fourth-order valence-electron chi connectivity index (χ4n) is 3.53. The quantitative estimate of drug-likeness (QED) is 0.892. The first kappa shape index (κ1) is 12.5. The molecule has 2 aliphatic rings. The Labute approximate surface area is 122 Å². The lowest BCUT2D eigenvalue weighted by molar-refractivity contribution is 0.124. The molecule has 20 heavy (non-hydrogen) atoms. The van der Waals surface area contributed by atoms with Gasteiger partial charge in [-0.25, -0.2) is 9.97 Å². The average molecular weight is 289 g/mol. The maximum atomic E-state index is 9.82. The molecule has 5 heteroatoms. The van der Waals surface area contributed by atoms with E-state index in [9.17, 15) is 5.11 Å². The van der Waals surface area contributed by atoms with Crippen LogP contribution in [0.2, 0.25) is 0 Å². The van der Waals surface area contributed by atoms with Crippen molar-refractivity contribution in [3.63, 3.8) is 0 Å². The van der Waals surface area contributed by atoms with Gasteiger partial charge in [-0.15, -0.1) is 11.3 Å². The number of hydrogen-bond donors (Lipinski definition) is 2. The van der Waals surface area contributed by atoms with Gasteiger partial charge in [0.2, 0.25) is 0 Å². The van der Waals surface area contributed by atoms with Crippen LogP contribution in [0.15, 0.2) is 6.33 Å². The summed E-state index contributed by atoms with van der Waals surface area (Å²) in [6, 6.07) is 0.341. The Bertz CT molecular complexity index is 639. The minimum Gasteiger partial charge on any atom is -0.393 e. The number of aliphatic hydroxyl groups is 1. The fourth-order valence-corrected chi connectivity index (χ4v) is 4.76. The predicted octanol–water partition coefficient (Wildman–Crippen LogP) is 2.90. The molecule has 2 atom stereocenters. The van der Waals surface area contributed by atoms with Crippen molar-refractivity contribution in [1.29, 1.82) is 0 Å². The molecular weight excluding hydrogens is 270 g/mol. The molecule has 2 aromatic rings. The van der Waals surface area contributed by atoms with Crippen molar-refractivity contribution in [3.05, 3.63) is 16.8 Å². The largest absolute Gasteiger partial charge is 0.393 e. The Morgan fingerprint density at radius 3 is 3.05 bits per heavy atom. The van der Waals surface area contributed by atoms with Crippen LogP contribution in [0.25, 0.3) is 10.2 Å². The minimum atomic E-state index is -0.160. The van der Waals surface area contributed by atoms with E-state index in [1.807, 2.05) is 11.3 Å². The average Bonchev–Trinajstić information content (AvgIpc) is 2.99. The van der Waals surface area contributed by atoms with E-state index < -0.39 is 0 Å². The Morgan fingerprint density at radius 1 is 1.20 bits per heavy atom. The number of aryl methyl sites for hydroxylation is 2. The molecule has 2 N–H and O–H groups in total. The SMILES string of the molecule is O[C@H]1CCC[C@@H](Nc2ncnc3sc4c(c23)CCC4)C1. The third-order valence-corrected chi connectivity index (χ3v) is 5.69. The van der Waals surface area contributed by atoms with Crippen LogP contribution in [0.5, 0.6) is 0 Å². The van der Waals surface area contributed by atoms with Crippen LogP contribution in [-0.2, 0) is 12.8 Å². The Kier molecular flexibility index (Phi) is 3.11. The van der Waals surface area contributed by atoms with E-state index in [0.29, 0.717) is 6.04 Å². The van der Waals surface area contributed by atoms with Crippen LogP contribution < -0.4 is 5.32 Å². The van der Waals surface area contributed by atoms with Gasteiger partial charge in [0.15, 0.2) is 0 Å². The molecule has 2 aliphatic carbocycles. The molecule has 0 unspecified atom stereocenters. The number of nitrogens with zero attached hydrogens (tertiary/aromatic N) is 2. The summed E-state index contributed by atoms with van der Waals surface area (Å²) < 4.78 is 0. The second-order valence-corrected chi connectivity index (χ2v) is 7.01. The summed E-state index contributed by atoms with van der Waals surface area (Å²) >= 11 is 1.82. The van der Waals surface area contributed by atoms with Gasteiger partial charge in [-0.2, -0.15) is 0 Å². The zero-order valence-electron chi connectivity index (χ0n) is 11.4. The summed E-state index contributed by atoms with van der Waals surface area (Å²) in [6.45, 7) is 0. The zero-order chi connectivity index (χ0) is 13.5. The lowest BCUT2D eigenvalue weighted by atomic mass is 9.93. The van der Waals surface area contributed by atoms with E-state index in [-0.39, 0.29) is 6.10 Å². The highest BCUT2D eigenvalue weighted by atomic mass is 32.1. The molecule has 4 nitrogen and oxygen atoms in total. The monoisotopic (exact) mass is 289 g/mol. The van der Waals surface area contributed by atoms with Crippen molar-refractivity contribution >= 4 is 27.4 Å². The molecule has 2 heterocycles. The standard InChI is InChI=1S/C15H19N3OS/c19-10-4-1-3-9(7-10)18-14-13-11-5-2-6-12(11)20-15(13)17-8-16-14/h8-10,19H,1-7H2,(H,16,17,18)/t9-,10+/m1/s1. The fraction of sp³-hybridized carbons (Fsp3) is 0.600. The predicted molar refractivity (Wildman–Crippen MR) is 81.3 cm³/mol. The summed E-state index contributed by atoms with van der Waals surface area (Å²) in [5.74, 6) is 0.980. The maximum absolute atomic E-state index is 9.82. The number of fused-ring (bicyclic) bond motifs is 3. The first-order valence-electron chi connectivity index (χ1n) is 7.51. The van der Waals surface area contributed by atoms with E-state index >= 15 is 0 Å². The minimum absolute atomic E-state index is 0.160. The summed E-state index contributed by atoms with van der Waals surface area (Å²) in [6.07, 6.45) is 9.09. The number of rotatable bonds is 2. The van der Waals surface area contributed by atoms with Crippen LogP contribution >= 0.6 is 11.3 Å². The molecule has 2 aromatic heterocycles. The van der Waals surface area contributed by atoms with Crippen molar-refractivity contribution in [3.8, 4) is 0 Å². The van der Waals surface area contributed by atoms with Crippen LogP contribution in [0.4, 0.5) is 5.82 Å². The van der Waals surface area contributed by atoms with E-state index in [1.165, 1.54) is 28.7 Å². The lowest BCUT2D eigenvalue weighted by Gasteiger charge is -2.27. The summed E-state index contributed by atoms with van der Waals surface area (Å²) in [7, 11) is 0. The van der Waals surface area contributed by atoms with E-state index in [2.05, 4.69) is 15.3 Å². The molecule has 0 spiro atoms. The third kappa shape index (κ3) is 2.09. The Hall–Kier alpha value is -1.20. The first-order chi connectivity index (χ1) is 9.81. The Balaban J connectivity index is 1.69. The smallest absolute Gasteiger partial charge is 0.138 e. The molecular formula is C15H19N3OS. The van der Waals surface area contributed by atoms with Crippen LogP contribution in [0.1, 0.15) is 42.5 Å². The lowest BCUT2D eigenvalue weighted by Crippen LogP contribution is -2.30. The second kappa shape index (κ2) is 4.97. The van der Waals surface area contributed by atoms with Crippen molar-refractivity contribution in [2.24, 2.45) is 0 Å². The molecule has 1 fully saturated rings. The molecule has 0 aliphatic heterocycles. The van der Waals surface area contributed by atoms with E-state index in [4.69, 9.17) is 0 Å². The molecule has 0 amide bonds. The van der Waals surface area contributed by atoms with Gasteiger partial charge in [-0.1, -0.05) is 0 Å². The number of nitrogens with one attached hydrogen (secondary N) is 1. The Morgan fingerprint density at radius 2 is 2.15 bits per heavy atom. The summed E-state index contributed by atoms with van der Waals surface area (Å²) in [4.78, 5) is 11.5. The molecule has 0 bridgehead atoms. The highest BCUT2D eigenvalue weighted by Gasteiger charge is 2.24. The van der Waals surface area contributed by atoms with Gasteiger partial charge in [-0.05, 0) is 50.5 Å². The number of aromatic nitrogens is 2. The first-order valence-corrected chi connectivity index (χ1v) is 8.33. The zero-order valence-corrected chi connectivity index (χ0v) is 12.2. The third-order valence-electron chi connectivity index (χ3n) is 4.49. The van der Waals surface area contributed by atoms with Crippen LogP contribution in [0.3, 0.4) is 0 Å². The molecule has 0 aromatic carbocycles. The summed E-state index contributed by atoms with van der Waals surface area (Å²) in [5.41, 5.74) is 1.46. The van der Waals surface area contributed by atoms with Gasteiger partial charge in [0.05, 0.1) is 11.5 Å². The summed E-state index contributed by atoms with van der Waals surface area (Å²) in [5, 5.41) is 14.6. The molecule has 0 saturated heterocycles. The molecule has 4 rings (SSSR count). The van der Waals surface area contributed by atoms with E-state index in [0.717, 1.165) is 42.8 Å². The van der Waals surface area contributed by atoms with Gasteiger partial charge < -0.3 is 10.4 Å². The van der Waals surface area contributed by atoms with Crippen LogP contribution in [-0.4, -0.2) is 27.2 Å². The molecule has 106 valence electrons. The molecule has 1 saturated carbocycles. The van der Waals surface area contributed by atoms with Gasteiger partial charge in [0, 0.05) is 10.9 Å². The highest BCUT2D eigenvalue weighted by Crippen LogP contribution is 2.39. The number of hydrogen-bond acceptors (Lipinski definition) is 5. The van der Waals surface area contributed by atoms with Gasteiger partial charge in [-0.3, -0.25) is 0 Å². The number of anilines is 1.